The topological polar surface area (TPSA) is 55.6 Å². The molecule has 0 radical (unpaired) electrons. The third kappa shape index (κ3) is 3.38. The second kappa shape index (κ2) is 5.48. The van der Waals surface area contributed by atoms with Gasteiger partial charge in [-0.1, -0.05) is 11.3 Å². The molecule has 0 saturated heterocycles. The molecule has 1 aliphatic carbocycles. The molecule has 0 aromatic carbocycles. The van der Waals surface area contributed by atoms with Gasteiger partial charge in [-0.25, -0.2) is 4.68 Å². The van der Waals surface area contributed by atoms with E-state index in [0.29, 0.717) is 6.54 Å². The van der Waals surface area contributed by atoms with Crippen LogP contribution in [-0.4, -0.2) is 26.5 Å². The van der Waals surface area contributed by atoms with E-state index in [1.54, 1.807) is 0 Å². The first-order valence-corrected chi connectivity index (χ1v) is 6.81. The van der Waals surface area contributed by atoms with Gasteiger partial charge < -0.3 is 5.32 Å². The van der Waals surface area contributed by atoms with Crippen LogP contribution in [-0.2, 0) is 13.1 Å². The number of hydrogen-bond acceptors (Lipinski definition) is 4. The van der Waals surface area contributed by atoms with E-state index in [0.717, 1.165) is 30.4 Å². The molecule has 0 aliphatic heterocycles. The summed E-state index contributed by atoms with van der Waals surface area (Å²) in [5.74, 6) is 0.895. The van der Waals surface area contributed by atoms with Gasteiger partial charge in [-0.05, 0) is 43.9 Å². The molecular formula is C14H19N5. The van der Waals surface area contributed by atoms with Crippen LogP contribution in [0.15, 0.2) is 24.5 Å². The van der Waals surface area contributed by atoms with Crippen LogP contribution in [0.2, 0.25) is 0 Å². The molecule has 5 heteroatoms. The summed E-state index contributed by atoms with van der Waals surface area (Å²) < 4.78 is 1.85. The Morgan fingerprint density at radius 2 is 2.32 bits per heavy atom. The standard InChI is InChI=1S/C14H19N5/c1-11-3-2-6-16-14(11)10-19-9-13(17-18-19)8-15-7-12-4-5-12/h2-3,6,9,12,15H,4-5,7-8,10H2,1H3. The molecule has 0 atom stereocenters. The van der Waals surface area contributed by atoms with E-state index < -0.39 is 0 Å². The maximum absolute atomic E-state index is 4.37. The molecule has 0 bridgehead atoms. The van der Waals surface area contributed by atoms with E-state index >= 15 is 0 Å². The summed E-state index contributed by atoms with van der Waals surface area (Å²) in [6.45, 7) is 4.66. The van der Waals surface area contributed by atoms with Gasteiger partial charge in [-0.2, -0.15) is 0 Å². The van der Waals surface area contributed by atoms with Gasteiger partial charge in [0, 0.05) is 12.7 Å². The summed E-state index contributed by atoms with van der Waals surface area (Å²) in [5, 5.41) is 11.8. The first-order valence-electron chi connectivity index (χ1n) is 6.81. The Morgan fingerprint density at radius 1 is 1.42 bits per heavy atom. The molecule has 100 valence electrons. The molecule has 2 aromatic rings. The van der Waals surface area contributed by atoms with Crippen molar-refractivity contribution >= 4 is 0 Å². The number of nitrogens with one attached hydrogen (secondary N) is 1. The number of rotatable bonds is 6. The van der Waals surface area contributed by atoms with Crippen molar-refractivity contribution in [1.82, 2.24) is 25.3 Å². The maximum Gasteiger partial charge on any atom is 0.0964 e. The molecule has 0 amide bonds. The van der Waals surface area contributed by atoms with Crippen LogP contribution < -0.4 is 5.32 Å². The van der Waals surface area contributed by atoms with Gasteiger partial charge in [0.2, 0.25) is 0 Å². The molecule has 5 nitrogen and oxygen atoms in total. The second-order valence-electron chi connectivity index (χ2n) is 5.25. The normalized spacial score (nSPS) is 14.8. The summed E-state index contributed by atoms with van der Waals surface area (Å²) in [5.41, 5.74) is 3.23. The van der Waals surface area contributed by atoms with Crippen LogP contribution >= 0.6 is 0 Å². The van der Waals surface area contributed by atoms with Gasteiger partial charge in [0.25, 0.3) is 0 Å². The lowest BCUT2D eigenvalue weighted by Gasteiger charge is -2.03. The smallest absolute Gasteiger partial charge is 0.0964 e. The van der Waals surface area contributed by atoms with Crippen molar-refractivity contribution in [3.63, 3.8) is 0 Å². The molecule has 3 rings (SSSR count). The summed E-state index contributed by atoms with van der Waals surface area (Å²) in [6, 6.07) is 4.02. The zero-order valence-corrected chi connectivity index (χ0v) is 11.2. The minimum atomic E-state index is 0.683. The van der Waals surface area contributed by atoms with Crippen molar-refractivity contribution in [2.45, 2.75) is 32.9 Å². The molecule has 1 saturated carbocycles. The fourth-order valence-corrected chi connectivity index (χ4v) is 2.06. The van der Waals surface area contributed by atoms with Crippen LogP contribution in [0, 0.1) is 12.8 Å². The highest BCUT2D eigenvalue weighted by Gasteiger charge is 2.20. The molecule has 1 N–H and O–H groups in total. The Kier molecular flexibility index (Phi) is 3.55. The van der Waals surface area contributed by atoms with Crippen LogP contribution in [0.25, 0.3) is 0 Å². The second-order valence-corrected chi connectivity index (χ2v) is 5.25. The van der Waals surface area contributed by atoms with Crippen LogP contribution in [0.4, 0.5) is 0 Å². The van der Waals surface area contributed by atoms with Gasteiger partial charge >= 0.3 is 0 Å². The van der Waals surface area contributed by atoms with Crippen molar-refractivity contribution in [2.24, 2.45) is 5.92 Å². The predicted molar refractivity (Wildman–Crippen MR) is 72.5 cm³/mol. The van der Waals surface area contributed by atoms with E-state index in [1.165, 1.54) is 18.4 Å². The number of hydrogen-bond donors (Lipinski definition) is 1. The highest BCUT2D eigenvalue weighted by molar-refractivity contribution is 5.17. The summed E-state index contributed by atoms with van der Waals surface area (Å²) in [6.07, 6.45) is 6.56. The molecule has 1 aliphatic rings. The van der Waals surface area contributed by atoms with Gasteiger partial charge in [-0.15, -0.1) is 5.10 Å². The molecule has 0 unspecified atom stereocenters. The Hall–Kier alpha value is -1.75. The average molecular weight is 257 g/mol. The highest BCUT2D eigenvalue weighted by atomic mass is 15.4. The van der Waals surface area contributed by atoms with Crippen LogP contribution in [0.3, 0.4) is 0 Å². The zero-order chi connectivity index (χ0) is 13.1. The monoisotopic (exact) mass is 257 g/mol. The van der Waals surface area contributed by atoms with Crippen molar-refractivity contribution in [3.8, 4) is 0 Å². The largest absolute Gasteiger partial charge is 0.311 e. The molecule has 1 fully saturated rings. The molecule has 19 heavy (non-hydrogen) atoms. The summed E-state index contributed by atoms with van der Waals surface area (Å²) in [4.78, 5) is 4.37. The first kappa shape index (κ1) is 12.3. The van der Waals surface area contributed by atoms with Crippen LogP contribution in [0.5, 0.6) is 0 Å². The van der Waals surface area contributed by atoms with E-state index in [1.807, 2.05) is 23.1 Å². The van der Waals surface area contributed by atoms with E-state index in [4.69, 9.17) is 0 Å². The Balaban J connectivity index is 1.56. The van der Waals surface area contributed by atoms with Gasteiger partial charge in [-0.3, -0.25) is 4.98 Å². The Morgan fingerprint density at radius 3 is 3.11 bits per heavy atom. The first-order chi connectivity index (χ1) is 9.31. The fourth-order valence-electron chi connectivity index (χ4n) is 2.06. The molecular weight excluding hydrogens is 238 g/mol. The van der Waals surface area contributed by atoms with Crippen LogP contribution in [0.1, 0.15) is 29.8 Å². The molecule has 0 spiro atoms. The SMILES string of the molecule is Cc1cccnc1Cn1cc(CNCC2CC2)nn1. The van der Waals surface area contributed by atoms with E-state index in [2.05, 4.69) is 33.6 Å². The zero-order valence-electron chi connectivity index (χ0n) is 11.2. The van der Waals surface area contributed by atoms with Crippen molar-refractivity contribution < 1.29 is 0 Å². The minimum Gasteiger partial charge on any atom is -0.311 e. The van der Waals surface area contributed by atoms with E-state index in [9.17, 15) is 0 Å². The van der Waals surface area contributed by atoms with Gasteiger partial charge in [0.15, 0.2) is 0 Å². The third-order valence-corrected chi connectivity index (χ3v) is 3.45. The third-order valence-electron chi connectivity index (χ3n) is 3.45. The lowest BCUT2D eigenvalue weighted by Crippen LogP contribution is -2.16. The lowest BCUT2D eigenvalue weighted by molar-refractivity contribution is 0.625. The van der Waals surface area contributed by atoms with Crippen molar-refractivity contribution in [3.05, 3.63) is 41.5 Å². The maximum atomic E-state index is 4.37. The Bertz CT molecular complexity index is 544. The fraction of sp³-hybridized carbons (Fsp3) is 0.500. The van der Waals surface area contributed by atoms with Crippen molar-refractivity contribution in [1.29, 1.82) is 0 Å². The quantitative estimate of drug-likeness (QED) is 0.852. The van der Waals surface area contributed by atoms with Crippen molar-refractivity contribution in [2.75, 3.05) is 6.54 Å². The number of aromatic nitrogens is 4. The van der Waals surface area contributed by atoms with E-state index in [-0.39, 0.29) is 0 Å². The number of pyridine rings is 1. The Labute approximate surface area is 113 Å². The van der Waals surface area contributed by atoms with Gasteiger partial charge in [0.05, 0.1) is 24.1 Å². The lowest BCUT2D eigenvalue weighted by atomic mass is 10.2. The summed E-state index contributed by atoms with van der Waals surface area (Å²) in [7, 11) is 0. The molecule has 2 heterocycles. The minimum absolute atomic E-state index is 0.683. The number of aryl methyl sites for hydroxylation is 1. The van der Waals surface area contributed by atoms with Gasteiger partial charge in [0.1, 0.15) is 0 Å². The summed E-state index contributed by atoms with van der Waals surface area (Å²) >= 11 is 0. The average Bonchev–Trinajstić information content (AvgIpc) is 3.12. The molecule has 2 aromatic heterocycles. The highest BCUT2D eigenvalue weighted by Crippen LogP contribution is 2.27. The predicted octanol–water partition coefficient (Wildman–Crippen LogP) is 1.53. The number of nitrogens with zero attached hydrogens (tertiary/aromatic N) is 4.